The van der Waals surface area contributed by atoms with Crippen molar-refractivity contribution in [2.45, 2.75) is 6.18 Å². The number of carbonyl (C=O) groups excluding carboxylic acids is 1. The highest BCUT2D eigenvalue weighted by atomic mass is 35.5. The summed E-state index contributed by atoms with van der Waals surface area (Å²) in [5.74, 6) is -0.415. The van der Waals surface area contributed by atoms with Gasteiger partial charge in [-0.15, -0.1) is 0 Å². The van der Waals surface area contributed by atoms with E-state index in [0.717, 1.165) is 17.8 Å². The first kappa shape index (κ1) is 23.4. The number of anilines is 1. The zero-order valence-corrected chi connectivity index (χ0v) is 18.7. The molecule has 0 fully saturated rings. The summed E-state index contributed by atoms with van der Waals surface area (Å²) < 4.78 is 47.5. The molecule has 1 amide bonds. The summed E-state index contributed by atoms with van der Waals surface area (Å²) in [5.41, 5.74) is 6.46. The first-order chi connectivity index (χ1) is 16.2. The average Bonchev–Trinajstić information content (AvgIpc) is 3.29. The van der Waals surface area contributed by atoms with Gasteiger partial charge in [0.2, 0.25) is 0 Å². The molecule has 0 spiro atoms. The summed E-state index contributed by atoms with van der Waals surface area (Å²) in [4.78, 5) is 17.0. The van der Waals surface area contributed by atoms with Crippen LogP contribution in [-0.2, 0) is 0 Å². The topological polar surface area (TPSA) is 93.3 Å². The zero-order chi connectivity index (χ0) is 24.3. The molecule has 0 radical (unpaired) electrons. The number of nitrogens with one attached hydrogen (secondary N) is 1. The fraction of sp³-hybridized carbons (Fsp3) is 0.0435. The van der Waals surface area contributed by atoms with E-state index in [4.69, 9.17) is 17.3 Å². The average molecular weight is 502 g/mol. The molecule has 172 valence electrons. The number of benzene rings is 3. The van der Waals surface area contributed by atoms with Gasteiger partial charge in [-0.25, -0.2) is 4.99 Å². The van der Waals surface area contributed by atoms with Gasteiger partial charge in [-0.1, -0.05) is 41.9 Å². The highest BCUT2D eigenvalue weighted by Gasteiger charge is 2.31. The largest absolute Gasteiger partial charge is 0.430 e. The molecule has 0 unspecified atom stereocenters. The molecule has 4 aromatic rings. The molecule has 6 nitrogen and oxygen atoms in total. The number of hydrogen-bond donors (Lipinski definition) is 2. The standard InChI is InChI=1S/C23H15ClF3N5OS/c24-15-4-1-2-5-16(15)29-19(12-20(28)23(25,26)27)13-8-10-14(11-9-13)22(33)30-17-6-3-7-18-21(17)32-34-31-18/h1-12H,28H2,(H,30,33). The fourth-order valence-electron chi connectivity index (χ4n) is 2.98. The van der Waals surface area contributed by atoms with Gasteiger partial charge in [0.1, 0.15) is 16.7 Å². The normalized spacial score (nSPS) is 12.7. The van der Waals surface area contributed by atoms with Gasteiger partial charge >= 0.3 is 6.18 Å². The Kier molecular flexibility index (Phi) is 6.62. The Hall–Kier alpha value is -3.76. The molecular formula is C23H15ClF3N5OS. The second-order valence-corrected chi connectivity index (χ2v) is 7.95. The third-order valence-electron chi connectivity index (χ3n) is 4.69. The smallest absolute Gasteiger partial charge is 0.395 e. The van der Waals surface area contributed by atoms with E-state index in [-0.39, 0.29) is 22.0 Å². The number of carbonyl (C=O) groups is 1. The van der Waals surface area contributed by atoms with E-state index in [9.17, 15) is 18.0 Å². The van der Waals surface area contributed by atoms with Crippen LogP contribution >= 0.6 is 23.3 Å². The summed E-state index contributed by atoms with van der Waals surface area (Å²) in [6.45, 7) is 0. The Morgan fingerprint density at radius 2 is 1.71 bits per heavy atom. The van der Waals surface area contributed by atoms with Gasteiger partial charge < -0.3 is 11.1 Å². The highest BCUT2D eigenvalue weighted by Crippen LogP contribution is 2.27. The number of aromatic nitrogens is 2. The van der Waals surface area contributed by atoms with E-state index < -0.39 is 17.8 Å². The minimum absolute atomic E-state index is 0.0619. The van der Waals surface area contributed by atoms with Crippen LogP contribution in [0.5, 0.6) is 0 Å². The van der Waals surface area contributed by atoms with E-state index in [1.54, 1.807) is 42.5 Å². The molecule has 0 saturated heterocycles. The van der Waals surface area contributed by atoms with Crippen LogP contribution in [0.25, 0.3) is 11.0 Å². The maximum absolute atomic E-state index is 13.1. The molecule has 3 aromatic carbocycles. The van der Waals surface area contributed by atoms with Crippen LogP contribution in [-0.4, -0.2) is 26.5 Å². The lowest BCUT2D eigenvalue weighted by molar-refractivity contribution is -0.0925. The van der Waals surface area contributed by atoms with Crippen LogP contribution in [0.15, 0.2) is 83.5 Å². The van der Waals surface area contributed by atoms with Gasteiger partial charge in [-0.3, -0.25) is 4.79 Å². The van der Waals surface area contributed by atoms with Crippen molar-refractivity contribution in [1.29, 1.82) is 0 Å². The summed E-state index contributed by atoms with van der Waals surface area (Å²) >= 11 is 7.15. The molecule has 0 bridgehead atoms. The van der Waals surface area contributed by atoms with Crippen LogP contribution in [0.3, 0.4) is 0 Å². The van der Waals surface area contributed by atoms with Crippen molar-refractivity contribution < 1.29 is 18.0 Å². The molecule has 34 heavy (non-hydrogen) atoms. The Bertz CT molecular complexity index is 1410. The second-order valence-electron chi connectivity index (χ2n) is 7.01. The monoisotopic (exact) mass is 501 g/mol. The summed E-state index contributed by atoms with van der Waals surface area (Å²) in [6, 6.07) is 17.6. The van der Waals surface area contributed by atoms with Crippen molar-refractivity contribution in [3.8, 4) is 0 Å². The number of hydrogen-bond acceptors (Lipinski definition) is 6. The lowest BCUT2D eigenvalue weighted by Crippen LogP contribution is -2.21. The molecule has 0 atom stereocenters. The van der Waals surface area contributed by atoms with Crippen LogP contribution in [0.1, 0.15) is 15.9 Å². The van der Waals surface area contributed by atoms with Gasteiger partial charge in [0.15, 0.2) is 0 Å². The highest BCUT2D eigenvalue weighted by molar-refractivity contribution is 7.00. The Morgan fingerprint density at radius 3 is 2.41 bits per heavy atom. The van der Waals surface area contributed by atoms with Crippen molar-refractivity contribution in [1.82, 2.24) is 8.75 Å². The molecule has 3 N–H and O–H groups in total. The number of nitrogens with two attached hydrogens (primary N) is 1. The minimum atomic E-state index is -4.73. The van der Waals surface area contributed by atoms with E-state index in [0.29, 0.717) is 22.3 Å². The predicted octanol–water partition coefficient (Wildman–Crippen LogP) is 6.12. The lowest BCUT2D eigenvalue weighted by atomic mass is 10.1. The number of fused-ring (bicyclic) bond motifs is 1. The number of para-hydroxylation sites is 1. The van der Waals surface area contributed by atoms with E-state index in [2.05, 4.69) is 19.1 Å². The predicted molar refractivity (Wildman–Crippen MR) is 128 cm³/mol. The molecule has 0 aliphatic rings. The van der Waals surface area contributed by atoms with Gasteiger partial charge in [0.25, 0.3) is 5.91 Å². The summed E-state index contributed by atoms with van der Waals surface area (Å²) in [6.07, 6.45) is -4.00. The Labute approximate surface area is 200 Å². The molecule has 0 saturated carbocycles. The number of rotatable bonds is 5. The lowest BCUT2D eigenvalue weighted by Gasteiger charge is -2.10. The molecule has 1 aromatic heterocycles. The second kappa shape index (κ2) is 9.62. The molecule has 0 aliphatic heterocycles. The third-order valence-corrected chi connectivity index (χ3v) is 5.55. The van der Waals surface area contributed by atoms with E-state index in [1.165, 1.54) is 24.3 Å². The molecular weight excluding hydrogens is 487 g/mol. The number of allylic oxidation sites excluding steroid dienone is 2. The minimum Gasteiger partial charge on any atom is -0.395 e. The molecule has 0 aliphatic carbocycles. The van der Waals surface area contributed by atoms with Gasteiger partial charge in [-0.05, 0) is 42.5 Å². The molecule has 11 heteroatoms. The SMILES string of the molecule is NC(=CC(=Nc1ccccc1Cl)c1ccc(C(=O)Nc2cccc3nsnc23)cc1)C(F)(F)F. The Morgan fingerprint density at radius 1 is 1.00 bits per heavy atom. The number of nitrogens with zero attached hydrogens (tertiary/aromatic N) is 3. The number of alkyl halides is 3. The van der Waals surface area contributed by atoms with E-state index >= 15 is 0 Å². The first-order valence-electron chi connectivity index (χ1n) is 9.73. The molecule has 1 heterocycles. The van der Waals surface area contributed by atoms with Crippen LogP contribution in [0.4, 0.5) is 24.5 Å². The summed E-state index contributed by atoms with van der Waals surface area (Å²) in [7, 11) is 0. The van der Waals surface area contributed by atoms with Crippen molar-refractivity contribution in [3.05, 3.63) is 94.7 Å². The number of amides is 1. The zero-order valence-electron chi connectivity index (χ0n) is 17.2. The van der Waals surface area contributed by atoms with Crippen LogP contribution in [0, 0.1) is 0 Å². The van der Waals surface area contributed by atoms with Crippen LogP contribution in [0.2, 0.25) is 5.02 Å². The van der Waals surface area contributed by atoms with Gasteiger partial charge in [-0.2, -0.15) is 21.9 Å². The Balaban J connectivity index is 1.65. The van der Waals surface area contributed by atoms with Gasteiger partial charge in [0.05, 0.1) is 33.8 Å². The van der Waals surface area contributed by atoms with Crippen molar-refractivity contribution >= 4 is 57.4 Å². The quantitative estimate of drug-likeness (QED) is 0.322. The van der Waals surface area contributed by atoms with Crippen molar-refractivity contribution in [3.63, 3.8) is 0 Å². The number of aliphatic imine (C=N–C) groups is 1. The maximum atomic E-state index is 13.1. The maximum Gasteiger partial charge on any atom is 0.430 e. The van der Waals surface area contributed by atoms with Crippen molar-refractivity contribution in [2.75, 3.05) is 5.32 Å². The number of halogens is 4. The fourth-order valence-corrected chi connectivity index (χ4v) is 3.70. The molecule has 4 rings (SSSR count). The van der Waals surface area contributed by atoms with E-state index in [1.807, 2.05) is 0 Å². The summed E-state index contributed by atoms with van der Waals surface area (Å²) in [5, 5.41) is 3.04. The van der Waals surface area contributed by atoms with Crippen molar-refractivity contribution in [2.24, 2.45) is 10.7 Å². The first-order valence-corrected chi connectivity index (χ1v) is 10.8. The van der Waals surface area contributed by atoms with Gasteiger partial charge in [0, 0.05) is 11.1 Å². The third kappa shape index (κ3) is 5.24. The van der Waals surface area contributed by atoms with Crippen LogP contribution < -0.4 is 11.1 Å².